The van der Waals surface area contributed by atoms with Crippen molar-refractivity contribution in [1.29, 1.82) is 0 Å². The Morgan fingerprint density at radius 3 is 3.09 bits per heavy atom. The second-order valence-electron chi connectivity index (χ2n) is 2.33. The second kappa shape index (κ2) is 2.24. The summed E-state index contributed by atoms with van der Waals surface area (Å²) in [5.41, 5.74) is 1.82. The standard InChI is InChI=1S/C6H5BClN3/c7-5-4-3(10-11-5)1-2-9-6(4)8/h1-2H,7H2,(H,10,11). The zero-order valence-electron chi connectivity index (χ0n) is 5.93. The molecule has 0 fully saturated rings. The smallest absolute Gasteiger partial charge is 0.167 e. The summed E-state index contributed by atoms with van der Waals surface area (Å²) in [6.45, 7) is 0. The molecule has 0 aliphatic carbocycles. The molecule has 54 valence electrons. The summed E-state index contributed by atoms with van der Waals surface area (Å²) >= 11 is 5.83. The third-order valence-electron chi connectivity index (χ3n) is 1.61. The first-order chi connectivity index (χ1) is 5.29. The van der Waals surface area contributed by atoms with E-state index in [4.69, 9.17) is 11.6 Å². The number of pyridine rings is 1. The predicted molar refractivity (Wildman–Crippen MR) is 47.1 cm³/mol. The molecule has 0 saturated carbocycles. The van der Waals surface area contributed by atoms with Crippen LogP contribution < -0.4 is 5.59 Å². The van der Waals surface area contributed by atoms with Crippen LogP contribution in [0.15, 0.2) is 12.3 Å². The first-order valence-corrected chi connectivity index (χ1v) is 3.62. The Labute approximate surface area is 69.2 Å². The van der Waals surface area contributed by atoms with Crippen LogP contribution in [-0.2, 0) is 0 Å². The van der Waals surface area contributed by atoms with Gasteiger partial charge in [-0.15, -0.1) is 0 Å². The summed E-state index contributed by atoms with van der Waals surface area (Å²) in [4.78, 5) is 3.95. The fraction of sp³-hybridized carbons (Fsp3) is 0. The van der Waals surface area contributed by atoms with Crippen molar-refractivity contribution < 1.29 is 0 Å². The van der Waals surface area contributed by atoms with E-state index in [1.165, 1.54) is 0 Å². The Bertz CT molecular complexity index is 398. The van der Waals surface area contributed by atoms with Crippen LogP contribution >= 0.6 is 11.6 Å². The number of H-pyrrole nitrogens is 1. The van der Waals surface area contributed by atoms with Gasteiger partial charge in [0.15, 0.2) is 7.85 Å². The Kier molecular flexibility index (Phi) is 1.36. The van der Waals surface area contributed by atoms with Crippen LogP contribution in [0, 0.1) is 0 Å². The van der Waals surface area contributed by atoms with Crippen LogP contribution in [0.4, 0.5) is 0 Å². The van der Waals surface area contributed by atoms with Crippen molar-refractivity contribution in [2.75, 3.05) is 0 Å². The van der Waals surface area contributed by atoms with E-state index in [2.05, 4.69) is 15.2 Å². The summed E-state index contributed by atoms with van der Waals surface area (Å²) in [5, 5.41) is 8.28. The van der Waals surface area contributed by atoms with E-state index in [0.29, 0.717) is 5.15 Å². The van der Waals surface area contributed by atoms with E-state index >= 15 is 0 Å². The van der Waals surface area contributed by atoms with Crippen molar-refractivity contribution in [3.8, 4) is 0 Å². The number of rotatable bonds is 0. The number of halogens is 1. The van der Waals surface area contributed by atoms with Gasteiger partial charge in [0.25, 0.3) is 0 Å². The van der Waals surface area contributed by atoms with E-state index in [-0.39, 0.29) is 0 Å². The number of fused-ring (bicyclic) bond motifs is 1. The molecule has 5 heteroatoms. The third kappa shape index (κ3) is 0.904. The van der Waals surface area contributed by atoms with Crippen LogP contribution in [0.25, 0.3) is 10.9 Å². The van der Waals surface area contributed by atoms with Gasteiger partial charge in [-0.05, 0) is 6.07 Å². The number of hydrogen-bond acceptors (Lipinski definition) is 2. The van der Waals surface area contributed by atoms with E-state index in [1.807, 2.05) is 13.9 Å². The first kappa shape index (κ1) is 6.67. The molecule has 0 unspecified atom stereocenters. The highest BCUT2D eigenvalue weighted by Crippen LogP contribution is 2.15. The van der Waals surface area contributed by atoms with Crippen LogP contribution in [0.5, 0.6) is 0 Å². The normalized spacial score (nSPS) is 10.6. The van der Waals surface area contributed by atoms with Crippen molar-refractivity contribution in [1.82, 2.24) is 15.2 Å². The van der Waals surface area contributed by atoms with Gasteiger partial charge < -0.3 is 0 Å². The molecule has 0 radical (unpaired) electrons. The SMILES string of the molecule is Bc1n[nH]c2ccnc(Cl)c12. The molecular weight excluding hydrogens is 160 g/mol. The van der Waals surface area contributed by atoms with Crippen LogP contribution in [0.3, 0.4) is 0 Å². The lowest BCUT2D eigenvalue weighted by molar-refractivity contribution is 1.14. The Morgan fingerprint density at radius 1 is 1.55 bits per heavy atom. The van der Waals surface area contributed by atoms with Crippen molar-refractivity contribution in [2.45, 2.75) is 0 Å². The summed E-state index contributed by atoms with van der Waals surface area (Å²) < 4.78 is 0. The molecule has 0 aliphatic rings. The number of aromatic amines is 1. The Balaban J connectivity index is 2.96. The largest absolute Gasteiger partial charge is 0.278 e. The fourth-order valence-corrected chi connectivity index (χ4v) is 1.37. The minimum Gasteiger partial charge on any atom is -0.278 e. The molecular formula is C6H5BClN3. The van der Waals surface area contributed by atoms with Gasteiger partial charge >= 0.3 is 0 Å². The molecule has 11 heavy (non-hydrogen) atoms. The highest BCUT2D eigenvalue weighted by Gasteiger charge is 2.04. The lowest BCUT2D eigenvalue weighted by atomic mass is 10.0. The summed E-state index contributed by atoms with van der Waals surface area (Å²) in [6, 6.07) is 1.85. The fourth-order valence-electron chi connectivity index (χ4n) is 1.07. The summed E-state index contributed by atoms with van der Waals surface area (Å²) in [7, 11) is 1.90. The number of aromatic nitrogens is 3. The van der Waals surface area contributed by atoms with Gasteiger partial charge in [-0.3, -0.25) is 5.10 Å². The van der Waals surface area contributed by atoms with Gasteiger partial charge in [-0.1, -0.05) is 11.6 Å². The third-order valence-corrected chi connectivity index (χ3v) is 1.90. The van der Waals surface area contributed by atoms with Gasteiger partial charge in [-0.25, -0.2) is 4.98 Å². The van der Waals surface area contributed by atoms with E-state index in [9.17, 15) is 0 Å². The molecule has 2 heterocycles. The van der Waals surface area contributed by atoms with E-state index in [1.54, 1.807) is 6.20 Å². The first-order valence-electron chi connectivity index (χ1n) is 3.24. The van der Waals surface area contributed by atoms with E-state index < -0.39 is 0 Å². The van der Waals surface area contributed by atoms with E-state index in [0.717, 1.165) is 16.5 Å². The maximum atomic E-state index is 5.83. The molecule has 0 aromatic carbocycles. The van der Waals surface area contributed by atoms with Crippen molar-refractivity contribution in [3.63, 3.8) is 0 Å². The molecule has 0 atom stereocenters. The number of hydrogen-bond donors (Lipinski definition) is 1. The molecule has 2 rings (SSSR count). The van der Waals surface area contributed by atoms with Gasteiger partial charge in [-0.2, -0.15) is 5.10 Å². The maximum absolute atomic E-state index is 5.83. The molecule has 2 aromatic rings. The minimum atomic E-state index is 0.508. The highest BCUT2D eigenvalue weighted by atomic mass is 35.5. The Hall–Kier alpha value is -1.03. The summed E-state index contributed by atoms with van der Waals surface area (Å²) in [6.07, 6.45) is 1.66. The average Bonchev–Trinajstić information content (AvgIpc) is 2.34. The van der Waals surface area contributed by atoms with Crippen molar-refractivity contribution in [2.24, 2.45) is 0 Å². The topological polar surface area (TPSA) is 41.6 Å². The molecule has 0 spiro atoms. The lowest BCUT2D eigenvalue weighted by Gasteiger charge is -1.90. The molecule has 1 N–H and O–H groups in total. The monoisotopic (exact) mass is 165 g/mol. The lowest BCUT2D eigenvalue weighted by Crippen LogP contribution is -2.03. The average molecular weight is 165 g/mol. The number of nitrogens with one attached hydrogen (secondary N) is 1. The number of nitrogens with zero attached hydrogens (tertiary/aromatic N) is 2. The van der Waals surface area contributed by atoms with Gasteiger partial charge in [0, 0.05) is 17.2 Å². The zero-order chi connectivity index (χ0) is 7.84. The maximum Gasteiger partial charge on any atom is 0.167 e. The summed E-state index contributed by atoms with van der Waals surface area (Å²) in [5.74, 6) is 0. The molecule has 0 bridgehead atoms. The van der Waals surface area contributed by atoms with Gasteiger partial charge in [0.05, 0.1) is 5.52 Å². The molecule has 2 aromatic heterocycles. The minimum absolute atomic E-state index is 0.508. The van der Waals surface area contributed by atoms with Gasteiger partial charge in [0.2, 0.25) is 0 Å². The van der Waals surface area contributed by atoms with Crippen molar-refractivity contribution in [3.05, 3.63) is 17.4 Å². The Morgan fingerprint density at radius 2 is 2.36 bits per heavy atom. The second-order valence-corrected chi connectivity index (χ2v) is 2.69. The molecule has 0 saturated heterocycles. The molecule has 3 nitrogen and oxygen atoms in total. The predicted octanol–water partition coefficient (Wildman–Crippen LogP) is -0.130. The van der Waals surface area contributed by atoms with Crippen LogP contribution in [0.1, 0.15) is 0 Å². The van der Waals surface area contributed by atoms with Crippen LogP contribution in [0.2, 0.25) is 5.15 Å². The highest BCUT2D eigenvalue weighted by molar-refractivity contribution is 6.43. The molecule has 0 aliphatic heterocycles. The van der Waals surface area contributed by atoms with Crippen molar-refractivity contribution >= 4 is 35.9 Å². The zero-order valence-corrected chi connectivity index (χ0v) is 6.68. The van der Waals surface area contributed by atoms with Gasteiger partial charge in [0.1, 0.15) is 5.15 Å². The quantitative estimate of drug-likeness (QED) is 0.436. The molecule has 0 amide bonds. The van der Waals surface area contributed by atoms with Crippen LogP contribution in [-0.4, -0.2) is 23.0 Å².